The van der Waals surface area contributed by atoms with Gasteiger partial charge in [-0.05, 0) is 89.1 Å². The lowest BCUT2D eigenvalue weighted by molar-refractivity contribution is -0.142. The van der Waals surface area contributed by atoms with Gasteiger partial charge in [-0.25, -0.2) is 9.18 Å². The average molecular weight is 646 g/mol. The Morgan fingerprint density at radius 2 is 1.79 bits per heavy atom. The molecule has 0 saturated carbocycles. The van der Waals surface area contributed by atoms with Crippen LogP contribution >= 0.6 is 0 Å². The molecule has 0 bridgehead atoms. The number of furan rings is 1. The fourth-order valence-corrected chi connectivity index (χ4v) is 5.92. The minimum Gasteiger partial charge on any atom is -0.488 e. The Kier molecular flexibility index (Phi) is 10.9. The number of rotatable bonds is 11. The monoisotopic (exact) mass is 645 g/mol. The molecule has 5 rings (SSSR count). The maximum Gasteiger partial charge on any atom is 0.408 e. The van der Waals surface area contributed by atoms with Gasteiger partial charge in [0.15, 0.2) is 0 Å². The first-order valence-corrected chi connectivity index (χ1v) is 16.3. The van der Waals surface area contributed by atoms with E-state index in [0.717, 1.165) is 60.1 Å². The standard InChI is InChI=1S/C38H44FNO7/c1-6-44-34(41)21-26-10-7-8-13-33(26)45-22-29-23-46-36-28(18-25-14-16-43-17-15-25)19-27(20-32(29)36)31-12-9-11-30(35(31)39)24(2)40-37(42)47-38(3,4)5/h7-13,19-20,23-25H,6,14-18,21-22H2,1-5H3,(H,40,42)/t24-/m1/s1. The van der Waals surface area contributed by atoms with Gasteiger partial charge in [0.1, 0.15) is 29.4 Å². The SMILES string of the molecule is CCOC(=O)Cc1ccccc1OCc1coc2c(CC3CCOCC3)cc(-c3cccc([C@@H](C)NC(=O)OC(C)(C)C)c3F)cc12. The van der Waals surface area contributed by atoms with Gasteiger partial charge in [0.25, 0.3) is 0 Å². The fourth-order valence-electron chi connectivity index (χ4n) is 5.92. The van der Waals surface area contributed by atoms with Gasteiger partial charge in [-0.1, -0.05) is 36.4 Å². The van der Waals surface area contributed by atoms with Gasteiger partial charge in [0.05, 0.1) is 25.3 Å². The summed E-state index contributed by atoms with van der Waals surface area (Å²) < 4.78 is 44.8. The number of halogens is 1. The number of nitrogens with one attached hydrogen (secondary N) is 1. The van der Waals surface area contributed by atoms with E-state index in [4.69, 9.17) is 23.4 Å². The molecule has 1 aliphatic rings. The molecule has 47 heavy (non-hydrogen) atoms. The van der Waals surface area contributed by atoms with E-state index in [-0.39, 0.29) is 19.0 Å². The van der Waals surface area contributed by atoms with Gasteiger partial charge in [-0.15, -0.1) is 0 Å². The number of para-hydroxylation sites is 1. The predicted octanol–water partition coefficient (Wildman–Crippen LogP) is 8.48. The van der Waals surface area contributed by atoms with E-state index >= 15 is 4.39 Å². The number of hydrogen-bond acceptors (Lipinski definition) is 7. The first-order chi connectivity index (χ1) is 22.5. The van der Waals surface area contributed by atoms with Crippen LogP contribution in [0.1, 0.15) is 75.8 Å². The van der Waals surface area contributed by atoms with Crippen LogP contribution in [0.2, 0.25) is 0 Å². The number of ether oxygens (including phenoxy) is 4. The lowest BCUT2D eigenvalue weighted by Crippen LogP contribution is -2.34. The molecule has 1 aliphatic heterocycles. The summed E-state index contributed by atoms with van der Waals surface area (Å²) in [7, 11) is 0. The minimum atomic E-state index is -0.671. The number of fused-ring (bicyclic) bond motifs is 1. The summed E-state index contributed by atoms with van der Waals surface area (Å²) in [5.41, 5.74) is 4.07. The highest BCUT2D eigenvalue weighted by molar-refractivity contribution is 5.89. The summed E-state index contributed by atoms with van der Waals surface area (Å²) in [4.78, 5) is 24.6. The van der Waals surface area contributed by atoms with E-state index in [9.17, 15) is 9.59 Å². The molecule has 3 aromatic carbocycles. The van der Waals surface area contributed by atoms with E-state index in [1.165, 1.54) is 0 Å². The average Bonchev–Trinajstić information content (AvgIpc) is 3.43. The van der Waals surface area contributed by atoms with Crippen molar-refractivity contribution in [2.24, 2.45) is 5.92 Å². The Labute approximate surface area is 275 Å². The number of carbonyl (C=O) groups excluding carboxylic acids is 2. The number of benzene rings is 3. The molecule has 1 N–H and O–H groups in total. The van der Waals surface area contributed by atoms with Gasteiger partial charge < -0.3 is 28.7 Å². The molecule has 0 radical (unpaired) electrons. The smallest absolute Gasteiger partial charge is 0.408 e. The summed E-state index contributed by atoms with van der Waals surface area (Å²) in [6.07, 6.45) is 3.83. The van der Waals surface area contributed by atoms with Crippen molar-refractivity contribution >= 4 is 23.0 Å². The van der Waals surface area contributed by atoms with Crippen molar-refractivity contribution in [3.05, 3.63) is 88.9 Å². The van der Waals surface area contributed by atoms with E-state index in [1.807, 2.05) is 36.4 Å². The Hall–Kier alpha value is -4.37. The largest absolute Gasteiger partial charge is 0.488 e. The van der Waals surface area contributed by atoms with E-state index < -0.39 is 23.6 Å². The summed E-state index contributed by atoms with van der Waals surface area (Å²) in [5, 5.41) is 3.59. The first-order valence-electron chi connectivity index (χ1n) is 16.3. The van der Waals surface area contributed by atoms with Crippen molar-refractivity contribution in [3.63, 3.8) is 0 Å². The molecule has 1 atom stereocenters. The zero-order valence-electron chi connectivity index (χ0n) is 27.8. The Bertz CT molecular complexity index is 1700. The van der Waals surface area contributed by atoms with Crippen LogP contribution in [0.25, 0.3) is 22.1 Å². The van der Waals surface area contributed by atoms with Crippen LogP contribution in [-0.4, -0.2) is 37.5 Å². The van der Waals surface area contributed by atoms with Crippen molar-refractivity contribution in [2.45, 2.75) is 78.6 Å². The summed E-state index contributed by atoms with van der Waals surface area (Å²) >= 11 is 0. The number of amides is 1. The third-order valence-corrected chi connectivity index (χ3v) is 8.22. The fraction of sp³-hybridized carbons (Fsp3) is 0.421. The first kappa shape index (κ1) is 34.0. The summed E-state index contributed by atoms with van der Waals surface area (Å²) in [6.45, 7) is 10.8. The maximum atomic E-state index is 16.3. The highest BCUT2D eigenvalue weighted by Crippen LogP contribution is 2.36. The van der Waals surface area contributed by atoms with Gasteiger partial charge in [0.2, 0.25) is 0 Å². The van der Waals surface area contributed by atoms with Crippen LogP contribution in [0.15, 0.2) is 65.3 Å². The van der Waals surface area contributed by atoms with E-state index in [1.54, 1.807) is 59.1 Å². The van der Waals surface area contributed by atoms with Crippen molar-refractivity contribution in [1.82, 2.24) is 5.32 Å². The molecule has 0 aliphatic carbocycles. The number of carbonyl (C=O) groups is 2. The van der Waals surface area contributed by atoms with E-state index in [2.05, 4.69) is 5.32 Å². The molecule has 250 valence electrons. The summed E-state index contributed by atoms with van der Waals surface area (Å²) in [5.74, 6) is 0.260. The number of esters is 1. The highest BCUT2D eigenvalue weighted by Gasteiger charge is 2.24. The molecule has 2 heterocycles. The van der Waals surface area contributed by atoms with Gasteiger partial charge >= 0.3 is 12.1 Å². The lowest BCUT2D eigenvalue weighted by atomic mass is 9.89. The van der Waals surface area contributed by atoms with Gasteiger partial charge in [0, 0.05) is 40.9 Å². The molecule has 1 amide bonds. The molecule has 1 fully saturated rings. The molecule has 9 heteroatoms. The Balaban J connectivity index is 1.48. The number of hydrogen-bond donors (Lipinski definition) is 1. The second kappa shape index (κ2) is 15.0. The third-order valence-electron chi connectivity index (χ3n) is 8.22. The number of alkyl carbamates (subject to hydrolysis) is 1. The zero-order chi connectivity index (χ0) is 33.6. The van der Waals surface area contributed by atoms with Crippen LogP contribution in [-0.2, 0) is 38.5 Å². The lowest BCUT2D eigenvalue weighted by Gasteiger charge is -2.23. The molecular weight excluding hydrogens is 601 g/mol. The molecule has 1 saturated heterocycles. The van der Waals surface area contributed by atoms with Gasteiger partial charge in [-0.2, -0.15) is 0 Å². The highest BCUT2D eigenvalue weighted by atomic mass is 19.1. The summed E-state index contributed by atoms with van der Waals surface area (Å²) in [6, 6.07) is 15.9. The molecule has 1 aromatic heterocycles. The second-order valence-electron chi connectivity index (χ2n) is 13.0. The molecule has 8 nitrogen and oxygen atoms in total. The molecule has 0 unspecified atom stereocenters. The minimum absolute atomic E-state index is 0.104. The van der Waals surface area contributed by atoms with Gasteiger partial charge in [-0.3, -0.25) is 4.79 Å². The molecule has 4 aromatic rings. The maximum absolute atomic E-state index is 16.3. The zero-order valence-corrected chi connectivity index (χ0v) is 27.8. The van der Waals surface area contributed by atoms with Crippen LogP contribution < -0.4 is 10.1 Å². The second-order valence-corrected chi connectivity index (χ2v) is 13.0. The Morgan fingerprint density at radius 1 is 1.02 bits per heavy atom. The molecular formula is C38H44FNO7. The van der Waals surface area contributed by atoms with Crippen molar-refractivity contribution in [1.29, 1.82) is 0 Å². The molecule has 0 spiro atoms. The van der Waals surface area contributed by atoms with Crippen LogP contribution in [0, 0.1) is 11.7 Å². The van der Waals surface area contributed by atoms with Crippen molar-refractivity contribution < 1.29 is 37.3 Å². The van der Waals surface area contributed by atoms with Crippen LogP contribution in [0.4, 0.5) is 9.18 Å². The topological polar surface area (TPSA) is 96.2 Å². The van der Waals surface area contributed by atoms with Crippen molar-refractivity contribution in [2.75, 3.05) is 19.8 Å². The van der Waals surface area contributed by atoms with Crippen LogP contribution in [0.5, 0.6) is 5.75 Å². The predicted molar refractivity (Wildman–Crippen MR) is 178 cm³/mol. The quantitative estimate of drug-likeness (QED) is 0.164. The van der Waals surface area contributed by atoms with Crippen LogP contribution in [0.3, 0.4) is 0 Å². The van der Waals surface area contributed by atoms with E-state index in [0.29, 0.717) is 35.0 Å². The van der Waals surface area contributed by atoms with Crippen molar-refractivity contribution in [3.8, 4) is 16.9 Å². The Morgan fingerprint density at radius 3 is 2.53 bits per heavy atom. The third kappa shape index (κ3) is 8.71. The normalized spacial score (nSPS) is 14.5.